The standard InChI is InChI=1S/C10H22N2O4S/c1-3-10(4-2,8-11)12-17(15,16)7-5-6-9(13)14/h12H,3-8,11H2,1-2H3,(H,13,14). The molecule has 0 aromatic heterocycles. The van der Waals surface area contributed by atoms with Gasteiger partial charge in [0, 0.05) is 18.5 Å². The highest BCUT2D eigenvalue weighted by Gasteiger charge is 2.29. The van der Waals surface area contributed by atoms with Crippen molar-refractivity contribution in [3.05, 3.63) is 0 Å². The van der Waals surface area contributed by atoms with Crippen LogP contribution in [0.15, 0.2) is 0 Å². The van der Waals surface area contributed by atoms with Gasteiger partial charge in [0.1, 0.15) is 0 Å². The number of hydrogen-bond donors (Lipinski definition) is 3. The second kappa shape index (κ2) is 6.93. The predicted octanol–water partition coefficient (Wildman–Crippen LogP) is 0.288. The van der Waals surface area contributed by atoms with Crippen molar-refractivity contribution in [2.75, 3.05) is 12.3 Å². The van der Waals surface area contributed by atoms with Crippen LogP contribution in [0.2, 0.25) is 0 Å². The minimum absolute atomic E-state index is 0.110. The molecule has 4 N–H and O–H groups in total. The van der Waals surface area contributed by atoms with E-state index in [1.54, 1.807) is 0 Å². The van der Waals surface area contributed by atoms with Crippen molar-refractivity contribution in [1.82, 2.24) is 4.72 Å². The molecule has 0 heterocycles. The van der Waals surface area contributed by atoms with Crippen LogP contribution in [0, 0.1) is 0 Å². The SMILES string of the molecule is CCC(CC)(CN)NS(=O)(=O)CCCC(=O)O. The minimum Gasteiger partial charge on any atom is -0.481 e. The zero-order chi connectivity index (χ0) is 13.5. The van der Waals surface area contributed by atoms with Crippen LogP contribution in [0.5, 0.6) is 0 Å². The van der Waals surface area contributed by atoms with Gasteiger partial charge in [-0.25, -0.2) is 13.1 Å². The van der Waals surface area contributed by atoms with Crippen molar-refractivity contribution < 1.29 is 18.3 Å². The molecule has 0 fully saturated rings. The van der Waals surface area contributed by atoms with Crippen molar-refractivity contribution in [3.8, 4) is 0 Å². The molecule has 0 aliphatic rings. The fourth-order valence-electron chi connectivity index (χ4n) is 1.52. The third kappa shape index (κ3) is 5.99. The summed E-state index contributed by atoms with van der Waals surface area (Å²) in [4.78, 5) is 10.3. The van der Waals surface area contributed by atoms with Crippen LogP contribution in [0.1, 0.15) is 39.5 Å². The molecule has 0 aromatic rings. The Bertz CT molecular complexity index is 328. The molecule has 102 valence electrons. The van der Waals surface area contributed by atoms with E-state index in [0.717, 1.165) is 0 Å². The Morgan fingerprint density at radius 3 is 2.24 bits per heavy atom. The van der Waals surface area contributed by atoms with Gasteiger partial charge in [0.2, 0.25) is 10.0 Å². The van der Waals surface area contributed by atoms with Crippen LogP contribution < -0.4 is 10.5 Å². The minimum atomic E-state index is -3.46. The summed E-state index contributed by atoms with van der Waals surface area (Å²) in [6.07, 6.45) is 1.18. The lowest BCUT2D eigenvalue weighted by Gasteiger charge is -2.30. The predicted molar refractivity (Wildman–Crippen MR) is 66.2 cm³/mol. The average Bonchev–Trinajstić information content (AvgIpc) is 2.25. The molecule has 0 aliphatic carbocycles. The highest BCUT2D eigenvalue weighted by atomic mass is 32.2. The van der Waals surface area contributed by atoms with E-state index in [0.29, 0.717) is 12.8 Å². The summed E-state index contributed by atoms with van der Waals surface area (Å²) >= 11 is 0. The van der Waals surface area contributed by atoms with Crippen LogP contribution in [0.25, 0.3) is 0 Å². The molecule has 0 saturated heterocycles. The number of sulfonamides is 1. The average molecular weight is 266 g/mol. The maximum absolute atomic E-state index is 11.7. The number of aliphatic carboxylic acids is 1. The van der Waals surface area contributed by atoms with Crippen molar-refractivity contribution >= 4 is 16.0 Å². The Morgan fingerprint density at radius 2 is 1.88 bits per heavy atom. The number of carbonyl (C=O) groups is 1. The number of carboxylic acids is 1. The van der Waals surface area contributed by atoms with Crippen molar-refractivity contribution in [3.63, 3.8) is 0 Å². The molecular formula is C10H22N2O4S. The van der Waals surface area contributed by atoms with Gasteiger partial charge in [-0.05, 0) is 19.3 Å². The molecule has 0 rings (SSSR count). The van der Waals surface area contributed by atoms with Gasteiger partial charge in [-0.15, -0.1) is 0 Å². The third-order valence-electron chi connectivity index (χ3n) is 2.92. The van der Waals surface area contributed by atoms with E-state index in [9.17, 15) is 13.2 Å². The van der Waals surface area contributed by atoms with Gasteiger partial charge < -0.3 is 10.8 Å². The Kier molecular flexibility index (Phi) is 6.66. The number of nitrogens with one attached hydrogen (secondary N) is 1. The lowest BCUT2D eigenvalue weighted by Crippen LogP contribution is -2.53. The highest BCUT2D eigenvalue weighted by Crippen LogP contribution is 2.15. The van der Waals surface area contributed by atoms with E-state index in [4.69, 9.17) is 10.8 Å². The second-order valence-electron chi connectivity index (χ2n) is 4.11. The first-order valence-electron chi connectivity index (χ1n) is 5.74. The summed E-state index contributed by atoms with van der Waals surface area (Å²) in [5.41, 5.74) is 4.98. The molecule has 17 heavy (non-hydrogen) atoms. The normalized spacial score (nSPS) is 12.6. The zero-order valence-electron chi connectivity index (χ0n) is 10.4. The Labute approximate surface area is 103 Å². The first-order chi connectivity index (χ1) is 7.81. The van der Waals surface area contributed by atoms with Gasteiger partial charge in [-0.2, -0.15) is 0 Å². The molecule has 0 saturated carbocycles. The number of carboxylic acid groups (broad SMARTS) is 1. The van der Waals surface area contributed by atoms with Crippen molar-refractivity contribution in [1.29, 1.82) is 0 Å². The first-order valence-corrected chi connectivity index (χ1v) is 7.39. The molecule has 0 unspecified atom stereocenters. The van der Waals surface area contributed by atoms with Crippen molar-refractivity contribution in [2.45, 2.75) is 45.1 Å². The maximum Gasteiger partial charge on any atom is 0.303 e. The smallest absolute Gasteiger partial charge is 0.303 e. The molecule has 0 aliphatic heterocycles. The van der Waals surface area contributed by atoms with Gasteiger partial charge in [-0.1, -0.05) is 13.8 Å². The zero-order valence-corrected chi connectivity index (χ0v) is 11.2. The molecule has 0 spiro atoms. The maximum atomic E-state index is 11.7. The number of nitrogens with two attached hydrogens (primary N) is 1. The molecule has 0 bridgehead atoms. The van der Waals surface area contributed by atoms with Gasteiger partial charge in [0.15, 0.2) is 0 Å². The summed E-state index contributed by atoms with van der Waals surface area (Å²) in [6.45, 7) is 3.98. The van der Waals surface area contributed by atoms with E-state index in [1.165, 1.54) is 0 Å². The molecule has 0 atom stereocenters. The lowest BCUT2D eigenvalue weighted by atomic mass is 9.95. The monoisotopic (exact) mass is 266 g/mol. The summed E-state index contributed by atoms with van der Waals surface area (Å²) in [5, 5.41) is 8.45. The van der Waals surface area contributed by atoms with Crippen LogP contribution in [-0.4, -0.2) is 37.3 Å². The molecule has 6 nitrogen and oxygen atoms in total. The summed E-state index contributed by atoms with van der Waals surface area (Å²) in [6, 6.07) is 0. The van der Waals surface area contributed by atoms with E-state index >= 15 is 0 Å². The summed E-state index contributed by atoms with van der Waals surface area (Å²) in [7, 11) is -3.46. The summed E-state index contributed by atoms with van der Waals surface area (Å²) < 4.78 is 26.1. The van der Waals surface area contributed by atoms with E-state index in [-0.39, 0.29) is 25.1 Å². The first kappa shape index (κ1) is 16.3. The van der Waals surface area contributed by atoms with Gasteiger partial charge in [-0.3, -0.25) is 4.79 Å². The molecular weight excluding hydrogens is 244 g/mol. The topological polar surface area (TPSA) is 109 Å². The molecule has 0 radical (unpaired) electrons. The van der Waals surface area contributed by atoms with Gasteiger partial charge >= 0.3 is 5.97 Å². The van der Waals surface area contributed by atoms with Crippen LogP contribution >= 0.6 is 0 Å². The fraction of sp³-hybridized carbons (Fsp3) is 0.900. The fourth-order valence-corrected chi connectivity index (χ4v) is 3.18. The molecule has 7 heteroatoms. The lowest BCUT2D eigenvalue weighted by molar-refractivity contribution is -0.137. The Hall–Kier alpha value is -0.660. The molecule has 0 amide bonds. The van der Waals surface area contributed by atoms with E-state index in [2.05, 4.69) is 4.72 Å². The number of rotatable bonds is 9. The van der Waals surface area contributed by atoms with Crippen molar-refractivity contribution in [2.24, 2.45) is 5.73 Å². The second-order valence-corrected chi connectivity index (χ2v) is 5.95. The summed E-state index contributed by atoms with van der Waals surface area (Å²) in [5.74, 6) is -1.17. The molecule has 0 aromatic carbocycles. The quantitative estimate of drug-likeness (QED) is 0.555. The van der Waals surface area contributed by atoms with E-state index in [1.807, 2.05) is 13.8 Å². The number of hydrogen-bond acceptors (Lipinski definition) is 4. The van der Waals surface area contributed by atoms with Crippen LogP contribution in [0.4, 0.5) is 0 Å². The Balaban J connectivity index is 4.46. The van der Waals surface area contributed by atoms with Crippen LogP contribution in [-0.2, 0) is 14.8 Å². The van der Waals surface area contributed by atoms with Gasteiger partial charge in [0.05, 0.1) is 5.75 Å². The highest BCUT2D eigenvalue weighted by molar-refractivity contribution is 7.89. The van der Waals surface area contributed by atoms with Crippen LogP contribution in [0.3, 0.4) is 0 Å². The third-order valence-corrected chi connectivity index (χ3v) is 4.49. The van der Waals surface area contributed by atoms with E-state index < -0.39 is 21.5 Å². The largest absolute Gasteiger partial charge is 0.481 e. The van der Waals surface area contributed by atoms with Gasteiger partial charge in [0.25, 0.3) is 0 Å². The Morgan fingerprint density at radius 1 is 1.35 bits per heavy atom.